The van der Waals surface area contributed by atoms with Crippen LogP contribution in [0.2, 0.25) is 0 Å². The Morgan fingerprint density at radius 2 is 1.69 bits per heavy atom. The summed E-state index contributed by atoms with van der Waals surface area (Å²) in [5, 5.41) is 19.2. The molecule has 1 aliphatic carbocycles. The number of carboxylic acid groups (broad SMARTS) is 1. The van der Waals surface area contributed by atoms with Crippen LogP contribution in [0.5, 0.6) is 11.6 Å². The van der Waals surface area contributed by atoms with Gasteiger partial charge in [-0.2, -0.15) is 0 Å². The second-order valence-corrected chi connectivity index (χ2v) is 8.93. The van der Waals surface area contributed by atoms with Gasteiger partial charge in [0.2, 0.25) is 0 Å². The summed E-state index contributed by atoms with van der Waals surface area (Å²) >= 11 is 0. The lowest BCUT2D eigenvalue weighted by Crippen LogP contribution is -2.34. The van der Waals surface area contributed by atoms with Crippen molar-refractivity contribution in [2.45, 2.75) is 32.1 Å². The highest BCUT2D eigenvalue weighted by Gasteiger charge is 2.45. The fourth-order valence-electron chi connectivity index (χ4n) is 4.65. The SMILES string of the molecule is COc1ncc(C(=O)CC2(C(=O)O)Cc3ccccc3C2)cc1OCCc1cccc(CCO)c1. The minimum atomic E-state index is -1.17. The van der Waals surface area contributed by atoms with Gasteiger partial charge in [-0.1, -0.05) is 48.5 Å². The zero-order chi connectivity index (χ0) is 24.8. The van der Waals surface area contributed by atoms with Crippen molar-refractivity contribution < 1.29 is 29.3 Å². The first kappa shape index (κ1) is 24.4. The number of ether oxygens (including phenoxy) is 2. The number of aliphatic hydroxyl groups is 1. The minimum Gasteiger partial charge on any atom is -0.488 e. The number of carbonyl (C=O) groups is 2. The standard InChI is InChI=1S/C28H29NO6/c1-34-26-25(35-12-10-20-6-4-5-19(13-20)9-11-30)14-23(18-29-26)24(31)17-28(27(32)33)15-21-7-2-3-8-22(21)16-28/h2-8,13-14,18,30H,9-12,15-17H2,1H3,(H,32,33). The number of methoxy groups -OCH3 is 1. The molecule has 0 unspecified atom stereocenters. The van der Waals surface area contributed by atoms with E-state index in [1.165, 1.54) is 13.3 Å². The lowest BCUT2D eigenvalue weighted by Gasteiger charge is -2.23. The molecule has 7 nitrogen and oxygen atoms in total. The Balaban J connectivity index is 1.46. The number of carboxylic acids is 1. The molecule has 1 aromatic heterocycles. The van der Waals surface area contributed by atoms with Crippen LogP contribution < -0.4 is 9.47 Å². The van der Waals surface area contributed by atoms with Crippen LogP contribution in [-0.4, -0.2) is 47.3 Å². The number of carbonyl (C=O) groups excluding carboxylic acids is 1. The van der Waals surface area contributed by atoms with E-state index < -0.39 is 11.4 Å². The number of hydrogen-bond acceptors (Lipinski definition) is 6. The number of ketones is 1. The van der Waals surface area contributed by atoms with Crippen LogP contribution in [0.3, 0.4) is 0 Å². The molecule has 0 atom stereocenters. The Morgan fingerprint density at radius 1 is 1.00 bits per heavy atom. The molecule has 2 aromatic carbocycles. The fourth-order valence-corrected chi connectivity index (χ4v) is 4.65. The number of nitrogens with zero attached hydrogens (tertiary/aromatic N) is 1. The first-order valence-electron chi connectivity index (χ1n) is 11.6. The van der Waals surface area contributed by atoms with Crippen molar-refractivity contribution in [2.24, 2.45) is 5.41 Å². The second kappa shape index (κ2) is 10.7. The smallest absolute Gasteiger partial charge is 0.310 e. The molecule has 0 aliphatic heterocycles. The summed E-state index contributed by atoms with van der Waals surface area (Å²) in [6.07, 6.45) is 3.16. The highest BCUT2D eigenvalue weighted by atomic mass is 16.5. The Labute approximate surface area is 204 Å². The van der Waals surface area contributed by atoms with E-state index >= 15 is 0 Å². The number of pyridine rings is 1. The third-order valence-electron chi connectivity index (χ3n) is 6.50. The van der Waals surface area contributed by atoms with Gasteiger partial charge in [0, 0.05) is 31.2 Å². The molecule has 0 saturated carbocycles. The van der Waals surface area contributed by atoms with Crippen LogP contribution in [0.1, 0.15) is 39.0 Å². The topological polar surface area (TPSA) is 106 Å². The number of aliphatic hydroxyl groups excluding tert-OH is 1. The summed E-state index contributed by atoms with van der Waals surface area (Å²) in [5.41, 5.74) is 3.20. The van der Waals surface area contributed by atoms with Crippen molar-refractivity contribution in [1.82, 2.24) is 4.98 Å². The normalized spacial score (nSPS) is 13.8. The Hall–Kier alpha value is -3.71. The van der Waals surface area contributed by atoms with E-state index in [9.17, 15) is 14.7 Å². The largest absolute Gasteiger partial charge is 0.488 e. The number of aliphatic carboxylic acids is 1. The molecular formula is C28H29NO6. The van der Waals surface area contributed by atoms with Crippen LogP contribution >= 0.6 is 0 Å². The summed E-state index contributed by atoms with van der Waals surface area (Å²) in [6.45, 7) is 0.436. The maximum absolute atomic E-state index is 13.2. The molecule has 0 fully saturated rings. The van der Waals surface area contributed by atoms with Crippen molar-refractivity contribution in [1.29, 1.82) is 0 Å². The summed E-state index contributed by atoms with van der Waals surface area (Å²) in [6, 6.07) is 17.1. The van der Waals surface area contributed by atoms with Gasteiger partial charge >= 0.3 is 5.97 Å². The molecule has 0 spiro atoms. The van der Waals surface area contributed by atoms with E-state index in [2.05, 4.69) is 4.98 Å². The Morgan fingerprint density at radius 3 is 2.31 bits per heavy atom. The predicted octanol–water partition coefficient (Wildman–Crippen LogP) is 3.69. The lowest BCUT2D eigenvalue weighted by atomic mass is 9.79. The molecule has 1 heterocycles. The number of aromatic nitrogens is 1. The highest BCUT2D eigenvalue weighted by Crippen LogP contribution is 2.41. The minimum absolute atomic E-state index is 0.0961. The van der Waals surface area contributed by atoms with Gasteiger partial charge in [0.25, 0.3) is 5.88 Å². The third-order valence-corrected chi connectivity index (χ3v) is 6.50. The van der Waals surface area contributed by atoms with Gasteiger partial charge in [0.1, 0.15) is 0 Å². The fraction of sp³-hybridized carbons (Fsp3) is 0.321. The van der Waals surface area contributed by atoms with Crippen molar-refractivity contribution >= 4 is 11.8 Å². The van der Waals surface area contributed by atoms with Crippen LogP contribution in [0, 0.1) is 5.41 Å². The van der Waals surface area contributed by atoms with Crippen LogP contribution in [0.4, 0.5) is 0 Å². The molecule has 0 radical (unpaired) electrons. The van der Waals surface area contributed by atoms with Gasteiger partial charge in [-0.05, 0) is 47.6 Å². The molecule has 182 valence electrons. The average Bonchev–Trinajstić information content (AvgIpc) is 3.24. The van der Waals surface area contributed by atoms with E-state index in [1.54, 1.807) is 6.07 Å². The van der Waals surface area contributed by atoms with Crippen molar-refractivity contribution in [2.75, 3.05) is 20.3 Å². The molecule has 0 saturated heterocycles. The quantitative estimate of drug-likeness (QED) is 0.408. The summed E-state index contributed by atoms with van der Waals surface area (Å²) < 4.78 is 11.2. The molecule has 0 amide bonds. The Kier molecular flexibility index (Phi) is 7.46. The van der Waals surface area contributed by atoms with Crippen molar-refractivity contribution in [3.05, 3.63) is 88.6 Å². The molecule has 1 aliphatic rings. The Bertz CT molecular complexity index is 1200. The molecule has 3 aromatic rings. The third kappa shape index (κ3) is 5.52. The van der Waals surface area contributed by atoms with Crippen LogP contribution in [0.15, 0.2) is 60.8 Å². The highest BCUT2D eigenvalue weighted by molar-refractivity contribution is 5.99. The molecule has 35 heavy (non-hydrogen) atoms. The first-order valence-corrected chi connectivity index (χ1v) is 11.6. The molecule has 2 N–H and O–H groups in total. The summed E-state index contributed by atoms with van der Waals surface area (Å²) in [4.78, 5) is 29.6. The number of benzene rings is 2. The predicted molar refractivity (Wildman–Crippen MR) is 130 cm³/mol. The molecule has 0 bridgehead atoms. The van der Waals surface area contributed by atoms with Gasteiger partial charge in [0.05, 0.1) is 19.1 Å². The number of Topliss-reactive ketones (excluding diaryl/α,β-unsaturated/α-hetero) is 1. The maximum Gasteiger partial charge on any atom is 0.310 e. The van der Waals surface area contributed by atoms with E-state index in [4.69, 9.17) is 14.6 Å². The summed E-state index contributed by atoms with van der Waals surface area (Å²) in [7, 11) is 1.48. The number of fused-ring (bicyclic) bond motifs is 1. The molecule has 7 heteroatoms. The zero-order valence-electron chi connectivity index (χ0n) is 19.7. The van der Waals surface area contributed by atoms with Gasteiger partial charge in [-0.25, -0.2) is 4.98 Å². The van der Waals surface area contributed by atoms with Gasteiger partial charge in [-0.3, -0.25) is 9.59 Å². The number of hydrogen-bond donors (Lipinski definition) is 2. The monoisotopic (exact) mass is 475 g/mol. The average molecular weight is 476 g/mol. The molecular weight excluding hydrogens is 446 g/mol. The molecule has 4 rings (SSSR count). The van der Waals surface area contributed by atoms with E-state index in [-0.39, 0.29) is 24.7 Å². The second-order valence-electron chi connectivity index (χ2n) is 8.93. The van der Waals surface area contributed by atoms with Crippen molar-refractivity contribution in [3.8, 4) is 11.6 Å². The zero-order valence-corrected chi connectivity index (χ0v) is 19.7. The van der Waals surface area contributed by atoms with Crippen molar-refractivity contribution in [3.63, 3.8) is 0 Å². The van der Waals surface area contributed by atoms with Crippen LogP contribution in [0.25, 0.3) is 0 Å². The van der Waals surface area contributed by atoms with Gasteiger partial charge in [-0.15, -0.1) is 0 Å². The van der Waals surface area contributed by atoms with Gasteiger partial charge in [0.15, 0.2) is 11.5 Å². The lowest BCUT2D eigenvalue weighted by molar-refractivity contribution is -0.148. The maximum atomic E-state index is 13.2. The van der Waals surface area contributed by atoms with Crippen LogP contribution in [-0.2, 0) is 30.5 Å². The van der Waals surface area contributed by atoms with E-state index in [1.807, 2.05) is 48.5 Å². The summed E-state index contributed by atoms with van der Waals surface area (Å²) in [5.74, 6) is -0.666. The van der Waals surface area contributed by atoms with Gasteiger partial charge < -0.3 is 19.7 Å². The van der Waals surface area contributed by atoms with E-state index in [0.717, 1.165) is 22.3 Å². The van der Waals surface area contributed by atoms with E-state index in [0.29, 0.717) is 43.6 Å². The first-order chi connectivity index (χ1) is 16.9. The number of rotatable bonds is 11.